The molecule has 2 N–H and O–H groups in total. The lowest BCUT2D eigenvalue weighted by molar-refractivity contribution is -0.112. The molecule has 0 bridgehead atoms. The lowest BCUT2D eigenvalue weighted by Gasteiger charge is -2.28. The lowest BCUT2D eigenvalue weighted by atomic mass is 10.1. The van der Waals surface area contributed by atoms with Crippen LogP contribution < -0.4 is 10.2 Å². The Labute approximate surface area is 215 Å². The Balaban J connectivity index is 1.50. The van der Waals surface area contributed by atoms with E-state index in [1.807, 2.05) is 11.0 Å². The first-order valence-corrected chi connectivity index (χ1v) is 12.4. The maximum atomic E-state index is 14.8. The highest BCUT2D eigenvalue weighted by Crippen LogP contribution is 2.34. The number of rotatable bonds is 5. The Morgan fingerprint density at radius 1 is 1.29 bits per heavy atom. The van der Waals surface area contributed by atoms with Gasteiger partial charge in [-0.25, -0.2) is 14.4 Å². The number of nitrogens with one attached hydrogen (secondary N) is 1. The predicted octanol–water partition coefficient (Wildman–Crippen LogP) is 4.96. The largest absolute Gasteiger partial charge is 0.506 e. The van der Waals surface area contributed by atoms with Crippen LogP contribution in [0.15, 0.2) is 44.3 Å². The molecule has 34 heavy (non-hydrogen) atoms. The van der Waals surface area contributed by atoms with Gasteiger partial charge in [0, 0.05) is 24.5 Å². The van der Waals surface area contributed by atoms with E-state index in [9.17, 15) is 19.6 Å². The molecule has 8 nitrogen and oxygen atoms in total. The number of thiazole rings is 1. The number of carbonyl (C=O) groups excluding carboxylic acids is 1. The van der Waals surface area contributed by atoms with Gasteiger partial charge in [-0.2, -0.15) is 5.26 Å². The second-order valence-corrected chi connectivity index (χ2v) is 9.69. The van der Waals surface area contributed by atoms with Gasteiger partial charge < -0.3 is 14.7 Å². The molecule has 0 radical (unpaired) electrons. The standard InChI is InChI=1S/C22H16Br2FN5O3S/c23-15-6-12(7-16(24)20(15)31)5-13(9-26)21(32)29-22-28-18(11-34-22)19-17(25)8-14(10-27-19)30-1-3-33-4-2-30/h5-8,10-11,31H,1-4H2,(H,28,29,32)/b13-5+. The van der Waals surface area contributed by atoms with Crippen molar-refractivity contribution in [2.24, 2.45) is 0 Å². The number of phenols is 1. The van der Waals surface area contributed by atoms with Crippen molar-refractivity contribution in [1.29, 1.82) is 5.26 Å². The minimum atomic E-state index is -0.667. The molecule has 0 atom stereocenters. The first kappa shape index (κ1) is 24.3. The number of ether oxygens (including phenoxy) is 1. The summed E-state index contributed by atoms with van der Waals surface area (Å²) in [5, 5.41) is 23.6. The fraction of sp³-hybridized carbons (Fsp3) is 0.182. The first-order valence-electron chi connectivity index (χ1n) is 9.91. The third-order valence-electron chi connectivity index (χ3n) is 4.89. The average Bonchev–Trinajstić information content (AvgIpc) is 3.29. The predicted molar refractivity (Wildman–Crippen MR) is 134 cm³/mol. The molecule has 1 aliphatic heterocycles. The van der Waals surface area contributed by atoms with Crippen LogP contribution in [-0.4, -0.2) is 47.3 Å². The summed E-state index contributed by atoms with van der Waals surface area (Å²) < 4.78 is 20.9. The first-order chi connectivity index (χ1) is 16.4. The van der Waals surface area contributed by atoms with Gasteiger partial charge in [-0.1, -0.05) is 0 Å². The number of halogens is 3. The number of benzene rings is 1. The number of anilines is 2. The van der Waals surface area contributed by atoms with Crippen LogP contribution in [0.1, 0.15) is 5.56 Å². The fourth-order valence-corrected chi connectivity index (χ4v) is 5.11. The van der Waals surface area contributed by atoms with E-state index in [0.717, 1.165) is 11.3 Å². The zero-order chi connectivity index (χ0) is 24.2. The van der Waals surface area contributed by atoms with E-state index in [4.69, 9.17) is 4.74 Å². The van der Waals surface area contributed by atoms with E-state index >= 15 is 0 Å². The summed E-state index contributed by atoms with van der Waals surface area (Å²) in [6, 6.07) is 6.41. The van der Waals surface area contributed by atoms with Crippen LogP contribution in [0.5, 0.6) is 5.75 Å². The SMILES string of the molecule is N#C/C(=C\c1cc(Br)c(O)c(Br)c1)C(=O)Nc1nc(-c2ncc(N3CCOCC3)cc2F)cs1. The Kier molecular flexibility index (Phi) is 7.57. The Bertz CT molecular complexity index is 1300. The molecule has 0 saturated carbocycles. The van der Waals surface area contributed by atoms with Gasteiger partial charge in [-0.15, -0.1) is 11.3 Å². The Morgan fingerprint density at radius 3 is 2.65 bits per heavy atom. The van der Waals surface area contributed by atoms with E-state index in [-0.39, 0.29) is 27.8 Å². The molecule has 1 aromatic carbocycles. The molecule has 174 valence electrons. The van der Waals surface area contributed by atoms with Crippen molar-refractivity contribution in [1.82, 2.24) is 9.97 Å². The van der Waals surface area contributed by atoms with Gasteiger partial charge in [0.05, 0.1) is 34.0 Å². The number of morpholine rings is 1. The lowest BCUT2D eigenvalue weighted by Crippen LogP contribution is -2.36. The normalized spacial score (nSPS) is 14.1. The Morgan fingerprint density at radius 2 is 2.00 bits per heavy atom. The molecular weight excluding hydrogens is 593 g/mol. The summed E-state index contributed by atoms with van der Waals surface area (Å²) >= 11 is 7.52. The van der Waals surface area contributed by atoms with Crippen LogP contribution >= 0.6 is 43.2 Å². The highest BCUT2D eigenvalue weighted by molar-refractivity contribution is 9.11. The van der Waals surface area contributed by atoms with Crippen LogP contribution in [-0.2, 0) is 9.53 Å². The molecule has 1 fully saturated rings. The second kappa shape index (κ2) is 10.6. The number of aromatic nitrogens is 2. The van der Waals surface area contributed by atoms with Gasteiger partial charge in [0.1, 0.15) is 28.8 Å². The molecule has 3 heterocycles. The van der Waals surface area contributed by atoms with Crippen LogP contribution in [0, 0.1) is 17.1 Å². The average molecular weight is 609 g/mol. The number of hydrogen-bond donors (Lipinski definition) is 2. The monoisotopic (exact) mass is 607 g/mol. The zero-order valence-electron chi connectivity index (χ0n) is 17.4. The van der Waals surface area contributed by atoms with Gasteiger partial charge in [0.2, 0.25) is 0 Å². The number of carbonyl (C=O) groups is 1. The van der Waals surface area contributed by atoms with Gasteiger partial charge in [0.25, 0.3) is 5.91 Å². The van der Waals surface area contributed by atoms with Crippen molar-refractivity contribution in [3.8, 4) is 23.2 Å². The van der Waals surface area contributed by atoms with Crippen LogP contribution in [0.3, 0.4) is 0 Å². The van der Waals surface area contributed by atoms with E-state index in [0.29, 0.717) is 46.5 Å². The topological polar surface area (TPSA) is 111 Å². The number of pyridine rings is 1. The molecule has 2 aromatic heterocycles. The number of amides is 1. The third kappa shape index (κ3) is 5.44. The van der Waals surface area contributed by atoms with E-state index in [1.165, 1.54) is 12.1 Å². The number of nitriles is 1. The van der Waals surface area contributed by atoms with E-state index in [2.05, 4.69) is 47.1 Å². The third-order valence-corrected chi connectivity index (χ3v) is 6.85. The molecule has 1 saturated heterocycles. The summed E-state index contributed by atoms with van der Waals surface area (Å²) in [6.45, 7) is 2.50. The van der Waals surface area contributed by atoms with Crippen LogP contribution in [0.4, 0.5) is 15.2 Å². The van der Waals surface area contributed by atoms with Gasteiger partial charge in [-0.3, -0.25) is 10.1 Å². The number of aromatic hydroxyl groups is 1. The summed E-state index contributed by atoms with van der Waals surface area (Å²) in [4.78, 5) is 23.1. The number of hydrogen-bond acceptors (Lipinski definition) is 8. The molecule has 3 aromatic rings. The second-order valence-electron chi connectivity index (χ2n) is 7.12. The molecule has 1 amide bonds. The smallest absolute Gasteiger partial charge is 0.268 e. The van der Waals surface area contributed by atoms with Gasteiger partial charge in [0.15, 0.2) is 10.9 Å². The molecular formula is C22H16Br2FN5O3S. The van der Waals surface area contributed by atoms with E-state index in [1.54, 1.807) is 23.7 Å². The molecule has 0 aliphatic carbocycles. The summed E-state index contributed by atoms with van der Waals surface area (Å²) in [5.41, 5.74) is 1.38. The summed E-state index contributed by atoms with van der Waals surface area (Å²) in [7, 11) is 0. The van der Waals surface area contributed by atoms with E-state index < -0.39 is 11.7 Å². The number of phenolic OH excluding ortho intramolecular Hbond substituents is 1. The minimum absolute atomic E-state index is 0.00856. The van der Waals surface area contributed by atoms with Crippen LogP contribution in [0.25, 0.3) is 17.5 Å². The van der Waals surface area contributed by atoms with Crippen molar-refractivity contribution in [3.05, 3.63) is 55.7 Å². The molecule has 4 rings (SSSR count). The zero-order valence-corrected chi connectivity index (χ0v) is 21.4. The maximum Gasteiger partial charge on any atom is 0.268 e. The molecule has 0 unspecified atom stereocenters. The van der Waals surface area contributed by atoms with Crippen LogP contribution in [0.2, 0.25) is 0 Å². The highest BCUT2D eigenvalue weighted by Gasteiger charge is 2.18. The maximum absolute atomic E-state index is 14.8. The summed E-state index contributed by atoms with van der Waals surface area (Å²) in [6.07, 6.45) is 2.97. The fourth-order valence-electron chi connectivity index (χ4n) is 3.20. The van der Waals surface area contributed by atoms with Crippen molar-refractivity contribution in [2.45, 2.75) is 0 Å². The van der Waals surface area contributed by atoms with Gasteiger partial charge >= 0.3 is 0 Å². The molecule has 1 aliphatic rings. The highest BCUT2D eigenvalue weighted by atomic mass is 79.9. The van der Waals surface area contributed by atoms with Crippen molar-refractivity contribution < 1.29 is 19.0 Å². The van der Waals surface area contributed by atoms with Crippen molar-refractivity contribution in [2.75, 3.05) is 36.5 Å². The number of nitrogens with zero attached hydrogens (tertiary/aromatic N) is 4. The van der Waals surface area contributed by atoms with Crippen molar-refractivity contribution in [3.63, 3.8) is 0 Å². The molecule has 0 spiro atoms. The molecule has 12 heteroatoms. The minimum Gasteiger partial charge on any atom is -0.506 e. The quantitative estimate of drug-likeness (QED) is 0.311. The Hall–Kier alpha value is -2.85. The van der Waals surface area contributed by atoms with Gasteiger partial charge in [-0.05, 0) is 55.6 Å². The van der Waals surface area contributed by atoms with Crippen molar-refractivity contribution >= 4 is 66.0 Å². The summed E-state index contributed by atoms with van der Waals surface area (Å²) in [5.74, 6) is -1.18.